The normalized spacial score (nSPS) is 41.4. The van der Waals surface area contributed by atoms with E-state index in [1.54, 1.807) is 0 Å². The van der Waals surface area contributed by atoms with Crippen molar-refractivity contribution in [2.75, 3.05) is 7.11 Å². The summed E-state index contributed by atoms with van der Waals surface area (Å²) in [6, 6.07) is 0. The summed E-state index contributed by atoms with van der Waals surface area (Å²) in [5.41, 5.74) is -1.26. The molecule has 0 aliphatic carbocycles. The molecular formula is C9H9Cl2NO4. The molecule has 0 saturated carbocycles. The van der Waals surface area contributed by atoms with Gasteiger partial charge in [0.1, 0.15) is 11.1 Å². The lowest BCUT2D eigenvalue weighted by Crippen LogP contribution is -2.63. The van der Waals surface area contributed by atoms with E-state index in [2.05, 4.69) is 9.73 Å². The summed E-state index contributed by atoms with van der Waals surface area (Å²) in [5.74, 6) is -1.92. The highest BCUT2D eigenvalue weighted by molar-refractivity contribution is 6.68. The monoisotopic (exact) mass is 265 g/mol. The summed E-state index contributed by atoms with van der Waals surface area (Å²) in [6.45, 7) is 1.52. The van der Waals surface area contributed by atoms with Crippen LogP contribution in [-0.4, -0.2) is 34.8 Å². The van der Waals surface area contributed by atoms with Crippen molar-refractivity contribution in [2.24, 2.45) is 10.9 Å². The van der Waals surface area contributed by atoms with Gasteiger partial charge in [-0.15, -0.1) is 0 Å². The molecule has 1 saturated heterocycles. The highest BCUT2D eigenvalue weighted by atomic mass is 35.5. The molecule has 3 atom stereocenters. The van der Waals surface area contributed by atoms with E-state index in [0.29, 0.717) is 0 Å². The van der Waals surface area contributed by atoms with E-state index in [4.69, 9.17) is 27.9 Å². The van der Waals surface area contributed by atoms with Gasteiger partial charge in [-0.3, -0.25) is 4.79 Å². The van der Waals surface area contributed by atoms with Gasteiger partial charge in [-0.1, -0.05) is 23.2 Å². The van der Waals surface area contributed by atoms with Gasteiger partial charge in [-0.2, -0.15) is 0 Å². The Kier molecular flexibility index (Phi) is 2.44. The number of fused-ring (bicyclic) bond motifs is 2. The van der Waals surface area contributed by atoms with Gasteiger partial charge in [0.2, 0.25) is 5.00 Å². The summed E-state index contributed by atoms with van der Waals surface area (Å²) >= 11 is 11.8. The fraction of sp³-hybridized carbons (Fsp3) is 0.667. The Morgan fingerprint density at radius 2 is 2.31 bits per heavy atom. The molecule has 0 aromatic carbocycles. The second-order valence-corrected chi connectivity index (χ2v) is 4.92. The summed E-state index contributed by atoms with van der Waals surface area (Å²) in [4.78, 5) is 25.4. The third kappa shape index (κ3) is 1.34. The fourth-order valence-electron chi connectivity index (χ4n) is 1.88. The SMILES string of the molecule is COC(=O)[C@H]1C[C@@]2(Cl)N=C(Cl)[C@]1(C)OC2=O. The average molecular weight is 266 g/mol. The third-order valence-corrected chi connectivity index (χ3v) is 3.78. The van der Waals surface area contributed by atoms with E-state index in [1.165, 1.54) is 14.0 Å². The maximum absolute atomic E-state index is 11.6. The molecule has 88 valence electrons. The quantitative estimate of drug-likeness (QED) is 0.404. The molecule has 3 aliphatic heterocycles. The van der Waals surface area contributed by atoms with Gasteiger partial charge in [0.15, 0.2) is 5.60 Å². The number of rotatable bonds is 1. The zero-order valence-electron chi connectivity index (χ0n) is 8.62. The molecule has 0 spiro atoms. The van der Waals surface area contributed by atoms with Crippen molar-refractivity contribution >= 4 is 40.3 Å². The molecule has 1 fully saturated rings. The van der Waals surface area contributed by atoms with Crippen LogP contribution in [0.1, 0.15) is 13.3 Å². The molecule has 0 unspecified atom stereocenters. The zero-order chi connectivity index (χ0) is 12.1. The Morgan fingerprint density at radius 1 is 1.69 bits per heavy atom. The maximum atomic E-state index is 11.6. The summed E-state index contributed by atoms with van der Waals surface area (Å²) in [5, 5.41) is 0.0174. The minimum atomic E-state index is -1.59. The smallest absolute Gasteiger partial charge is 0.350 e. The van der Waals surface area contributed by atoms with Gasteiger partial charge < -0.3 is 9.47 Å². The lowest BCUT2D eigenvalue weighted by Gasteiger charge is -2.47. The Hall–Kier alpha value is -0.810. The number of carbonyl (C=O) groups excluding carboxylic acids is 2. The Balaban J connectivity index is 2.48. The van der Waals surface area contributed by atoms with Crippen LogP contribution in [-0.2, 0) is 19.1 Å². The van der Waals surface area contributed by atoms with Crippen molar-refractivity contribution in [1.29, 1.82) is 0 Å². The van der Waals surface area contributed by atoms with Gasteiger partial charge in [0, 0.05) is 6.42 Å². The standard InChI is InChI=1S/C9H9Cl2NO4/c1-8-4(5(13)15-2)3-9(11,7(14)16-8)12-6(8)10/h4H,3H2,1-2H3/t4-,8-,9-/m1/s1. The first-order chi connectivity index (χ1) is 7.33. The van der Waals surface area contributed by atoms with E-state index in [0.717, 1.165) is 0 Å². The van der Waals surface area contributed by atoms with Gasteiger partial charge in [-0.25, -0.2) is 9.79 Å². The molecule has 3 heterocycles. The number of aliphatic imine (C=N–C) groups is 1. The van der Waals surface area contributed by atoms with E-state index in [-0.39, 0.29) is 11.6 Å². The van der Waals surface area contributed by atoms with E-state index < -0.39 is 28.5 Å². The van der Waals surface area contributed by atoms with Crippen LogP contribution in [0.5, 0.6) is 0 Å². The van der Waals surface area contributed by atoms with Crippen molar-refractivity contribution in [2.45, 2.75) is 23.9 Å². The van der Waals surface area contributed by atoms with Gasteiger partial charge in [0.25, 0.3) is 0 Å². The highest BCUT2D eigenvalue weighted by Crippen LogP contribution is 2.48. The lowest BCUT2D eigenvalue weighted by atomic mass is 9.79. The van der Waals surface area contributed by atoms with Crippen molar-refractivity contribution in [3.05, 3.63) is 0 Å². The van der Waals surface area contributed by atoms with Crippen LogP contribution in [0.4, 0.5) is 0 Å². The minimum Gasteiger partial charge on any atom is -0.469 e. The predicted octanol–water partition coefficient (Wildman–Crippen LogP) is 1.07. The lowest BCUT2D eigenvalue weighted by molar-refractivity contribution is -0.179. The largest absolute Gasteiger partial charge is 0.469 e. The predicted molar refractivity (Wildman–Crippen MR) is 56.5 cm³/mol. The molecule has 0 amide bonds. The Bertz CT molecular complexity index is 410. The molecule has 0 aromatic rings. The topological polar surface area (TPSA) is 65.0 Å². The van der Waals surface area contributed by atoms with Crippen molar-refractivity contribution in [3.63, 3.8) is 0 Å². The van der Waals surface area contributed by atoms with E-state index in [1.807, 2.05) is 0 Å². The van der Waals surface area contributed by atoms with Crippen LogP contribution in [0.15, 0.2) is 4.99 Å². The maximum Gasteiger partial charge on any atom is 0.350 e. The van der Waals surface area contributed by atoms with E-state index in [9.17, 15) is 9.59 Å². The molecular weight excluding hydrogens is 257 g/mol. The van der Waals surface area contributed by atoms with Crippen molar-refractivity contribution < 1.29 is 19.1 Å². The number of alkyl halides is 1. The summed E-state index contributed by atoms with van der Waals surface area (Å²) in [6.07, 6.45) is 0.0345. The van der Waals surface area contributed by atoms with Crippen LogP contribution in [0.2, 0.25) is 0 Å². The number of nitrogens with zero attached hydrogens (tertiary/aromatic N) is 1. The molecule has 7 heteroatoms. The molecule has 2 bridgehead atoms. The Labute approximate surface area is 102 Å². The number of ether oxygens (including phenoxy) is 2. The molecule has 5 nitrogen and oxygen atoms in total. The number of methoxy groups -OCH3 is 1. The highest BCUT2D eigenvalue weighted by Gasteiger charge is 2.63. The molecule has 3 rings (SSSR count). The second-order valence-electron chi connectivity index (χ2n) is 3.94. The number of hydrogen-bond acceptors (Lipinski definition) is 5. The molecule has 16 heavy (non-hydrogen) atoms. The van der Waals surface area contributed by atoms with Crippen molar-refractivity contribution in [3.8, 4) is 0 Å². The molecule has 0 aromatic heterocycles. The second kappa shape index (κ2) is 3.34. The first-order valence-corrected chi connectivity index (χ1v) is 5.35. The van der Waals surface area contributed by atoms with Crippen LogP contribution in [0.3, 0.4) is 0 Å². The number of carbonyl (C=O) groups is 2. The first kappa shape index (κ1) is 11.7. The van der Waals surface area contributed by atoms with Crippen LogP contribution in [0, 0.1) is 5.92 Å². The third-order valence-electron chi connectivity index (χ3n) is 2.93. The zero-order valence-corrected chi connectivity index (χ0v) is 10.1. The fourth-order valence-corrected chi connectivity index (χ4v) is 2.52. The number of halogens is 2. The van der Waals surface area contributed by atoms with Crippen molar-refractivity contribution in [1.82, 2.24) is 0 Å². The van der Waals surface area contributed by atoms with Gasteiger partial charge in [-0.05, 0) is 6.92 Å². The first-order valence-electron chi connectivity index (χ1n) is 4.59. The van der Waals surface area contributed by atoms with Crippen LogP contribution >= 0.6 is 23.2 Å². The molecule has 0 radical (unpaired) electrons. The summed E-state index contributed by atoms with van der Waals surface area (Å²) in [7, 11) is 1.25. The molecule has 0 N–H and O–H groups in total. The number of hydrogen-bond donors (Lipinski definition) is 0. The Morgan fingerprint density at radius 3 is 2.88 bits per heavy atom. The average Bonchev–Trinajstić information content (AvgIpc) is 2.21. The number of esters is 2. The van der Waals surface area contributed by atoms with Gasteiger partial charge >= 0.3 is 11.9 Å². The van der Waals surface area contributed by atoms with E-state index >= 15 is 0 Å². The van der Waals surface area contributed by atoms with Crippen LogP contribution in [0.25, 0.3) is 0 Å². The molecule has 3 aliphatic rings. The van der Waals surface area contributed by atoms with Crippen LogP contribution < -0.4 is 0 Å². The van der Waals surface area contributed by atoms with Gasteiger partial charge in [0.05, 0.1) is 7.11 Å². The minimum absolute atomic E-state index is 0.0174. The summed E-state index contributed by atoms with van der Waals surface area (Å²) < 4.78 is 9.72.